The molecule has 0 spiro atoms. The fourth-order valence-corrected chi connectivity index (χ4v) is 2.78. The highest BCUT2D eigenvalue weighted by molar-refractivity contribution is 5.76. The van der Waals surface area contributed by atoms with E-state index in [1.54, 1.807) is 6.07 Å². The molecular formula is C14H20FN3O. The number of hydrogen-bond acceptors (Lipinski definition) is 3. The maximum Gasteiger partial charge on any atom is 0.231 e. The molecule has 5 heteroatoms. The molecule has 19 heavy (non-hydrogen) atoms. The first-order valence-corrected chi connectivity index (χ1v) is 6.62. The molecule has 0 bridgehead atoms. The average Bonchev–Trinajstić information content (AvgIpc) is 2.79. The van der Waals surface area contributed by atoms with E-state index in [0.717, 1.165) is 18.4 Å². The van der Waals surface area contributed by atoms with Crippen molar-refractivity contribution in [3.8, 4) is 0 Å². The van der Waals surface area contributed by atoms with Crippen LogP contribution in [0.1, 0.15) is 31.2 Å². The van der Waals surface area contributed by atoms with Crippen LogP contribution in [0.3, 0.4) is 0 Å². The van der Waals surface area contributed by atoms with Gasteiger partial charge in [0.1, 0.15) is 5.82 Å². The highest BCUT2D eigenvalue weighted by Crippen LogP contribution is 2.25. The minimum Gasteiger partial charge on any atom is -0.399 e. The first-order valence-electron chi connectivity index (χ1n) is 6.62. The van der Waals surface area contributed by atoms with E-state index in [0.29, 0.717) is 18.3 Å². The summed E-state index contributed by atoms with van der Waals surface area (Å²) in [6.07, 6.45) is 4.48. The molecular weight excluding hydrogens is 245 g/mol. The lowest BCUT2D eigenvalue weighted by Gasteiger charge is -2.27. The van der Waals surface area contributed by atoms with E-state index in [-0.39, 0.29) is 18.3 Å². The van der Waals surface area contributed by atoms with Crippen LogP contribution in [0.4, 0.5) is 10.1 Å². The van der Waals surface area contributed by atoms with Crippen LogP contribution in [0, 0.1) is 5.82 Å². The predicted molar refractivity (Wildman–Crippen MR) is 72.7 cm³/mol. The molecule has 0 heterocycles. The second kappa shape index (κ2) is 6.02. The molecule has 1 aromatic rings. The van der Waals surface area contributed by atoms with Crippen molar-refractivity contribution in [2.45, 2.75) is 38.3 Å². The number of carbonyl (C=O) groups excluding carboxylic acids is 1. The maximum absolute atomic E-state index is 13.3. The van der Waals surface area contributed by atoms with E-state index in [4.69, 9.17) is 11.5 Å². The Balaban J connectivity index is 2.11. The van der Waals surface area contributed by atoms with E-state index in [1.165, 1.54) is 25.0 Å². The molecule has 0 atom stereocenters. The summed E-state index contributed by atoms with van der Waals surface area (Å²) in [4.78, 5) is 13.2. The monoisotopic (exact) mass is 265 g/mol. The van der Waals surface area contributed by atoms with Crippen LogP contribution in [0.15, 0.2) is 18.2 Å². The van der Waals surface area contributed by atoms with Gasteiger partial charge in [-0.25, -0.2) is 4.39 Å². The highest BCUT2D eigenvalue weighted by Gasteiger charge is 2.23. The Morgan fingerprint density at radius 3 is 2.58 bits per heavy atom. The summed E-state index contributed by atoms with van der Waals surface area (Å²) in [6.45, 7) is 0.719. The molecule has 0 unspecified atom stereocenters. The normalized spacial score (nSPS) is 16.1. The Labute approximate surface area is 112 Å². The van der Waals surface area contributed by atoms with Gasteiger partial charge in [0.25, 0.3) is 0 Å². The van der Waals surface area contributed by atoms with Crippen molar-refractivity contribution in [3.63, 3.8) is 0 Å². The molecule has 1 amide bonds. The summed E-state index contributed by atoms with van der Waals surface area (Å²) in [5.74, 6) is -0.697. The van der Waals surface area contributed by atoms with Crippen molar-refractivity contribution in [2.75, 3.05) is 12.3 Å². The van der Waals surface area contributed by atoms with Crippen LogP contribution >= 0.6 is 0 Å². The highest BCUT2D eigenvalue weighted by atomic mass is 19.1. The number of nitrogen functional groups attached to an aromatic ring is 1. The van der Waals surface area contributed by atoms with Gasteiger partial charge in [0.15, 0.2) is 0 Å². The molecule has 1 aliphatic carbocycles. The second-order valence-corrected chi connectivity index (χ2v) is 5.20. The van der Waals surface area contributed by atoms with E-state index >= 15 is 0 Å². The van der Waals surface area contributed by atoms with E-state index in [1.807, 2.05) is 4.90 Å². The van der Waals surface area contributed by atoms with Crippen molar-refractivity contribution in [3.05, 3.63) is 29.6 Å². The molecule has 1 fully saturated rings. The van der Waals surface area contributed by atoms with Gasteiger partial charge in [-0.15, -0.1) is 0 Å². The molecule has 0 aromatic heterocycles. The lowest BCUT2D eigenvalue weighted by molar-refractivity contribution is -0.119. The number of nitrogens with zero attached hydrogens (tertiary/aromatic N) is 1. The molecule has 2 rings (SSSR count). The molecule has 0 aliphatic heterocycles. The third kappa shape index (κ3) is 3.92. The zero-order chi connectivity index (χ0) is 13.8. The Kier molecular flexibility index (Phi) is 4.37. The van der Waals surface area contributed by atoms with Gasteiger partial charge in [-0.2, -0.15) is 0 Å². The first kappa shape index (κ1) is 13.8. The summed E-state index contributed by atoms with van der Waals surface area (Å²) in [7, 11) is 0. The van der Waals surface area contributed by atoms with E-state index in [2.05, 4.69) is 0 Å². The average molecular weight is 265 g/mol. The van der Waals surface area contributed by atoms with Crippen LogP contribution in [0.2, 0.25) is 0 Å². The van der Waals surface area contributed by atoms with Gasteiger partial charge in [-0.05, 0) is 36.6 Å². The molecule has 4 N–H and O–H groups in total. The van der Waals surface area contributed by atoms with Crippen molar-refractivity contribution < 1.29 is 9.18 Å². The number of hydrogen-bond donors (Lipinski definition) is 2. The quantitative estimate of drug-likeness (QED) is 0.795. The zero-order valence-electron chi connectivity index (χ0n) is 10.9. The topological polar surface area (TPSA) is 72.4 Å². The summed E-state index contributed by atoms with van der Waals surface area (Å²) >= 11 is 0. The third-order valence-corrected chi connectivity index (χ3v) is 3.57. The van der Waals surface area contributed by atoms with Gasteiger partial charge in [0.2, 0.25) is 5.91 Å². The molecule has 0 radical (unpaired) electrons. The number of primary amides is 1. The number of amides is 1. The van der Waals surface area contributed by atoms with Gasteiger partial charge < -0.3 is 11.5 Å². The number of carbonyl (C=O) groups is 1. The Hall–Kier alpha value is -1.62. The third-order valence-electron chi connectivity index (χ3n) is 3.57. The molecule has 104 valence electrons. The fourth-order valence-electron chi connectivity index (χ4n) is 2.78. The van der Waals surface area contributed by atoms with Gasteiger partial charge in [-0.3, -0.25) is 9.69 Å². The molecule has 1 aromatic carbocycles. The largest absolute Gasteiger partial charge is 0.399 e. The van der Waals surface area contributed by atoms with Crippen molar-refractivity contribution in [1.82, 2.24) is 4.90 Å². The van der Waals surface area contributed by atoms with Crippen LogP contribution in [0.25, 0.3) is 0 Å². The molecule has 4 nitrogen and oxygen atoms in total. The minimum absolute atomic E-state index is 0.209. The SMILES string of the molecule is NC(=O)CN(Cc1cc(N)cc(F)c1)C1CCCC1. The van der Waals surface area contributed by atoms with Gasteiger partial charge in [0, 0.05) is 18.3 Å². The Morgan fingerprint density at radius 1 is 1.32 bits per heavy atom. The van der Waals surface area contributed by atoms with Crippen molar-refractivity contribution >= 4 is 11.6 Å². The lowest BCUT2D eigenvalue weighted by Crippen LogP contribution is -2.39. The van der Waals surface area contributed by atoms with E-state index in [9.17, 15) is 9.18 Å². The minimum atomic E-state index is -0.351. The number of nitrogens with two attached hydrogens (primary N) is 2. The molecule has 0 saturated heterocycles. The second-order valence-electron chi connectivity index (χ2n) is 5.20. The van der Waals surface area contributed by atoms with E-state index < -0.39 is 0 Å². The molecule has 1 aliphatic rings. The van der Waals surface area contributed by atoms with Crippen LogP contribution < -0.4 is 11.5 Å². The Morgan fingerprint density at radius 2 is 2.00 bits per heavy atom. The first-order chi connectivity index (χ1) is 9.04. The fraction of sp³-hybridized carbons (Fsp3) is 0.500. The molecule has 1 saturated carbocycles. The zero-order valence-corrected chi connectivity index (χ0v) is 10.9. The van der Waals surface area contributed by atoms with Crippen LogP contribution in [-0.2, 0) is 11.3 Å². The lowest BCUT2D eigenvalue weighted by atomic mass is 10.1. The van der Waals surface area contributed by atoms with Crippen molar-refractivity contribution in [1.29, 1.82) is 0 Å². The summed E-state index contributed by atoms with van der Waals surface area (Å²) < 4.78 is 13.3. The Bertz CT molecular complexity index is 438. The van der Waals surface area contributed by atoms with Gasteiger partial charge >= 0.3 is 0 Å². The number of rotatable bonds is 5. The number of halogens is 1. The summed E-state index contributed by atoms with van der Waals surface area (Å²) in [5.41, 5.74) is 12.1. The van der Waals surface area contributed by atoms with Crippen LogP contribution in [0.5, 0.6) is 0 Å². The standard InChI is InChI=1S/C14H20FN3O/c15-11-5-10(6-12(16)7-11)8-18(9-14(17)19)13-3-1-2-4-13/h5-7,13H,1-4,8-9,16H2,(H2,17,19). The summed E-state index contributed by atoms with van der Waals surface area (Å²) in [6, 6.07) is 4.85. The predicted octanol–water partition coefficient (Wildman–Crippen LogP) is 1.64. The van der Waals surface area contributed by atoms with Gasteiger partial charge in [-0.1, -0.05) is 12.8 Å². The van der Waals surface area contributed by atoms with Crippen LogP contribution in [-0.4, -0.2) is 23.4 Å². The number of anilines is 1. The summed E-state index contributed by atoms with van der Waals surface area (Å²) in [5, 5.41) is 0. The number of benzene rings is 1. The maximum atomic E-state index is 13.3. The van der Waals surface area contributed by atoms with Crippen molar-refractivity contribution in [2.24, 2.45) is 5.73 Å². The van der Waals surface area contributed by atoms with Gasteiger partial charge in [0.05, 0.1) is 6.54 Å². The smallest absolute Gasteiger partial charge is 0.231 e.